The lowest BCUT2D eigenvalue weighted by Crippen LogP contribution is -2.28. The summed E-state index contributed by atoms with van der Waals surface area (Å²) in [4.78, 5) is 2.48. The minimum Gasteiger partial charge on any atom is -0.369 e. The second-order valence-electron chi connectivity index (χ2n) is 4.53. The number of hydrogen-bond acceptors (Lipinski definition) is 2. The zero-order chi connectivity index (χ0) is 10.8. The third kappa shape index (κ3) is 2.00. The van der Waals surface area contributed by atoms with Crippen molar-refractivity contribution in [3.8, 4) is 0 Å². The maximum absolute atomic E-state index is 6.00. The van der Waals surface area contributed by atoms with Crippen molar-refractivity contribution in [2.75, 3.05) is 11.4 Å². The summed E-state index contributed by atoms with van der Waals surface area (Å²) in [6, 6.07) is 9.29. The summed E-state index contributed by atoms with van der Waals surface area (Å²) in [7, 11) is 0. The molecule has 2 rings (SSSR count). The standard InChI is InChI=1S/C13H20N2/c1-10-6-5-9-15(10)13-8-4-3-7-12(13)11(2)14/h3-4,7-8,10-11H,5-6,9,14H2,1-2H3/t10?,11-/m0/s1. The number of rotatable bonds is 2. The van der Waals surface area contributed by atoms with Gasteiger partial charge in [-0.25, -0.2) is 0 Å². The number of para-hydroxylation sites is 1. The van der Waals surface area contributed by atoms with E-state index in [-0.39, 0.29) is 6.04 Å². The van der Waals surface area contributed by atoms with Crippen molar-refractivity contribution in [2.24, 2.45) is 5.73 Å². The third-order valence-electron chi connectivity index (χ3n) is 3.29. The summed E-state index contributed by atoms with van der Waals surface area (Å²) in [5.74, 6) is 0. The largest absolute Gasteiger partial charge is 0.369 e. The quantitative estimate of drug-likeness (QED) is 0.802. The number of anilines is 1. The van der Waals surface area contributed by atoms with Crippen LogP contribution in [0, 0.1) is 0 Å². The van der Waals surface area contributed by atoms with Gasteiger partial charge in [0.05, 0.1) is 0 Å². The number of hydrogen-bond donors (Lipinski definition) is 1. The highest BCUT2D eigenvalue weighted by Crippen LogP contribution is 2.30. The second kappa shape index (κ2) is 4.23. The van der Waals surface area contributed by atoms with E-state index in [1.54, 1.807) is 0 Å². The fourth-order valence-corrected chi connectivity index (χ4v) is 2.43. The van der Waals surface area contributed by atoms with Gasteiger partial charge in [0.2, 0.25) is 0 Å². The molecule has 2 N–H and O–H groups in total. The molecule has 2 atom stereocenters. The molecule has 1 saturated heterocycles. The average Bonchev–Trinajstić information content (AvgIpc) is 2.64. The van der Waals surface area contributed by atoms with Crippen LogP contribution in [0.15, 0.2) is 24.3 Å². The Morgan fingerprint density at radius 2 is 2.13 bits per heavy atom. The second-order valence-corrected chi connectivity index (χ2v) is 4.53. The lowest BCUT2D eigenvalue weighted by molar-refractivity contribution is 0.723. The Labute approximate surface area is 92.1 Å². The van der Waals surface area contributed by atoms with Gasteiger partial charge in [-0.3, -0.25) is 0 Å². The zero-order valence-corrected chi connectivity index (χ0v) is 9.61. The van der Waals surface area contributed by atoms with Crippen molar-refractivity contribution in [3.63, 3.8) is 0 Å². The molecule has 0 aliphatic carbocycles. The van der Waals surface area contributed by atoms with E-state index in [4.69, 9.17) is 5.73 Å². The third-order valence-corrected chi connectivity index (χ3v) is 3.29. The topological polar surface area (TPSA) is 29.3 Å². The van der Waals surface area contributed by atoms with Gasteiger partial charge in [0.15, 0.2) is 0 Å². The van der Waals surface area contributed by atoms with Crippen LogP contribution in [-0.2, 0) is 0 Å². The van der Waals surface area contributed by atoms with Crippen molar-refractivity contribution in [2.45, 2.75) is 38.8 Å². The maximum Gasteiger partial charge on any atom is 0.0416 e. The van der Waals surface area contributed by atoms with Crippen LogP contribution in [0.3, 0.4) is 0 Å². The van der Waals surface area contributed by atoms with Crippen molar-refractivity contribution in [3.05, 3.63) is 29.8 Å². The smallest absolute Gasteiger partial charge is 0.0416 e. The lowest BCUT2D eigenvalue weighted by Gasteiger charge is -2.27. The Balaban J connectivity index is 2.34. The minimum absolute atomic E-state index is 0.119. The molecule has 1 unspecified atom stereocenters. The molecule has 1 aliphatic heterocycles. The van der Waals surface area contributed by atoms with E-state index in [0.717, 1.165) is 0 Å². The first-order chi connectivity index (χ1) is 7.20. The Hall–Kier alpha value is -1.02. The van der Waals surface area contributed by atoms with Gasteiger partial charge in [0.25, 0.3) is 0 Å². The van der Waals surface area contributed by atoms with Crippen LogP contribution < -0.4 is 10.6 Å². The van der Waals surface area contributed by atoms with E-state index in [0.29, 0.717) is 6.04 Å². The Morgan fingerprint density at radius 3 is 2.73 bits per heavy atom. The molecule has 1 heterocycles. The SMILES string of the molecule is CC1CCCN1c1ccccc1[C@H](C)N. The molecule has 15 heavy (non-hydrogen) atoms. The van der Waals surface area contributed by atoms with Crippen molar-refractivity contribution >= 4 is 5.69 Å². The summed E-state index contributed by atoms with van der Waals surface area (Å²) in [5, 5.41) is 0. The van der Waals surface area contributed by atoms with Gasteiger partial charge < -0.3 is 10.6 Å². The van der Waals surface area contributed by atoms with Gasteiger partial charge >= 0.3 is 0 Å². The van der Waals surface area contributed by atoms with E-state index in [9.17, 15) is 0 Å². The lowest BCUT2D eigenvalue weighted by atomic mass is 10.1. The molecule has 82 valence electrons. The van der Waals surface area contributed by atoms with Crippen LogP contribution in [0.25, 0.3) is 0 Å². The summed E-state index contributed by atoms with van der Waals surface area (Å²) in [5.41, 5.74) is 8.60. The van der Waals surface area contributed by atoms with Crippen LogP contribution in [0.2, 0.25) is 0 Å². The van der Waals surface area contributed by atoms with Gasteiger partial charge in [-0.2, -0.15) is 0 Å². The molecule has 0 bridgehead atoms. The number of nitrogens with two attached hydrogens (primary N) is 1. The van der Waals surface area contributed by atoms with E-state index in [2.05, 4.69) is 43.0 Å². The summed E-state index contributed by atoms with van der Waals surface area (Å²) >= 11 is 0. The molecule has 1 aliphatic rings. The van der Waals surface area contributed by atoms with Gasteiger partial charge in [0, 0.05) is 24.3 Å². The van der Waals surface area contributed by atoms with Crippen LogP contribution in [0.5, 0.6) is 0 Å². The first-order valence-electron chi connectivity index (χ1n) is 5.81. The van der Waals surface area contributed by atoms with Crippen LogP contribution in [0.1, 0.15) is 38.3 Å². The van der Waals surface area contributed by atoms with Crippen LogP contribution >= 0.6 is 0 Å². The predicted molar refractivity (Wildman–Crippen MR) is 65.1 cm³/mol. The molecule has 0 spiro atoms. The number of benzene rings is 1. The molecule has 1 aromatic rings. The molecule has 2 nitrogen and oxygen atoms in total. The average molecular weight is 204 g/mol. The first kappa shape index (κ1) is 10.5. The van der Waals surface area contributed by atoms with Gasteiger partial charge in [-0.15, -0.1) is 0 Å². The fourth-order valence-electron chi connectivity index (χ4n) is 2.43. The molecule has 0 aromatic heterocycles. The monoisotopic (exact) mass is 204 g/mol. The highest BCUT2D eigenvalue weighted by atomic mass is 15.2. The van der Waals surface area contributed by atoms with Crippen molar-refractivity contribution in [1.29, 1.82) is 0 Å². The van der Waals surface area contributed by atoms with E-state index in [1.807, 2.05) is 0 Å². The van der Waals surface area contributed by atoms with E-state index < -0.39 is 0 Å². The molecule has 0 amide bonds. The Bertz CT molecular complexity index is 333. The molecular formula is C13H20N2. The van der Waals surface area contributed by atoms with Gasteiger partial charge in [-0.05, 0) is 38.3 Å². The maximum atomic E-state index is 6.00. The van der Waals surface area contributed by atoms with Crippen LogP contribution in [0.4, 0.5) is 5.69 Å². The van der Waals surface area contributed by atoms with Crippen molar-refractivity contribution < 1.29 is 0 Å². The molecular weight excluding hydrogens is 184 g/mol. The minimum atomic E-state index is 0.119. The summed E-state index contributed by atoms with van der Waals surface area (Å²) in [6.07, 6.45) is 2.60. The van der Waals surface area contributed by atoms with E-state index in [1.165, 1.54) is 30.6 Å². The van der Waals surface area contributed by atoms with E-state index >= 15 is 0 Å². The number of nitrogens with zero attached hydrogens (tertiary/aromatic N) is 1. The molecule has 1 aromatic carbocycles. The van der Waals surface area contributed by atoms with Crippen molar-refractivity contribution in [1.82, 2.24) is 0 Å². The van der Waals surface area contributed by atoms with Gasteiger partial charge in [0.1, 0.15) is 0 Å². The molecule has 0 radical (unpaired) electrons. The zero-order valence-electron chi connectivity index (χ0n) is 9.61. The highest BCUT2D eigenvalue weighted by Gasteiger charge is 2.22. The Kier molecular flexibility index (Phi) is 2.96. The normalized spacial score (nSPS) is 23.1. The highest BCUT2D eigenvalue weighted by molar-refractivity contribution is 5.56. The molecule has 2 heteroatoms. The first-order valence-corrected chi connectivity index (χ1v) is 5.81. The van der Waals surface area contributed by atoms with Gasteiger partial charge in [-0.1, -0.05) is 18.2 Å². The summed E-state index contributed by atoms with van der Waals surface area (Å²) < 4.78 is 0. The van der Waals surface area contributed by atoms with Crippen LogP contribution in [-0.4, -0.2) is 12.6 Å². The Morgan fingerprint density at radius 1 is 1.40 bits per heavy atom. The fraction of sp³-hybridized carbons (Fsp3) is 0.538. The summed E-state index contributed by atoms with van der Waals surface area (Å²) in [6.45, 7) is 5.52. The predicted octanol–water partition coefficient (Wildman–Crippen LogP) is 2.70. The molecule has 1 fully saturated rings. The molecule has 0 saturated carbocycles.